The van der Waals surface area contributed by atoms with Crippen LogP contribution in [0.4, 0.5) is 14.6 Å². The van der Waals surface area contributed by atoms with Gasteiger partial charge in [0.1, 0.15) is 30.3 Å². The Kier molecular flexibility index (Phi) is 4.66. The highest BCUT2D eigenvalue weighted by Crippen LogP contribution is 2.37. The van der Waals surface area contributed by atoms with Crippen molar-refractivity contribution in [1.29, 1.82) is 0 Å². The third-order valence-electron chi connectivity index (χ3n) is 5.64. The van der Waals surface area contributed by atoms with Gasteiger partial charge in [0.2, 0.25) is 0 Å². The van der Waals surface area contributed by atoms with Crippen LogP contribution in [0.5, 0.6) is 0 Å². The van der Waals surface area contributed by atoms with Crippen molar-refractivity contribution >= 4 is 23.9 Å². The molecule has 0 amide bonds. The third kappa shape index (κ3) is 3.53. The number of halogens is 2. The maximum atomic E-state index is 14.4. The molecule has 3 aromatic heterocycles. The molecule has 1 aliphatic heterocycles. The highest BCUT2D eigenvalue weighted by molar-refractivity contribution is 7.70. The molecule has 160 valence electrons. The fourth-order valence-electron chi connectivity index (χ4n) is 4.03. The Balaban J connectivity index is 1.55. The van der Waals surface area contributed by atoms with Crippen molar-refractivity contribution in [3.63, 3.8) is 0 Å². The summed E-state index contributed by atoms with van der Waals surface area (Å²) in [4.78, 5) is 6.77. The summed E-state index contributed by atoms with van der Waals surface area (Å²) in [6.07, 6.45) is 8.32. The van der Waals surface area contributed by atoms with Crippen LogP contribution in [0.2, 0.25) is 0 Å². The van der Waals surface area contributed by atoms with Gasteiger partial charge in [0.15, 0.2) is 5.65 Å². The van der Waals surface area contributed by atoms with Crippen LogP contribution in [0.3, 0.4) is 0 Å². The standard InChI is InChI=1S/C21H21F2N6OP/c1-31(2,30)15-11-24-29(13-15)19-12-25-28-9-7-20(26-21(19)28)27-8-3-4-18(27)16-10-14(22)5-6-17(16)23/h5-7,9-13,18H,3-4,8H2,1-2H3. The second-order valence-corrected chi connectivity index (χ2v) is 11.3. The minimum absolute atomic E-state index is 0.292. The van der Waals surface area contributed by atoms with Gasteiger partial charge in [-0.2, -0.15) is 10.2 Å². The van der Waals surface area contributed by atoms with Crippen molar-refractivity contribution in [1.82, 2.24) is 24.4 Å². The second-order valence-electron chi connectivity index (χ2n) is 8.09. The molecular weight excluding hydrogens is 421 g/mol. The Labute approximate surface area is 177 Å². The van der Waals surface area contributed by atoms with Crippen LogP contribution < -0.4 is 10.2 Å². The molecule has 4 aromatic rings. The summed E-state index contributed by atoms with van der Waals surface area (Å²) >= 11 is 0. The van der Waals surface area contributed by atoms with E-state index >= 15 is 0 Å². The molecule has 0 bridgehead atoms. The Morgan fingerprint density at radius 2 is 1.97 bits per heavy atom. The van der Waals surface area contributed by atoms with E-state index in [1.807, 2.05) is 11.0 Å². The first kappa shape index (κ1) is 19.9. The maximum Gasteiger partial charge on any atom is 0.183 e. The van der Waals surface area contributed by atoms with Gasteiger partial charge in [-0.05, 0) is 50.4 Å². The molecule has 31 heavy (non-hydrogen) atoms. The van der Waals surface area contributed by atoms with E-state index in [9.17, 15) is 13.3 Å². The van der Waals surface area contributed by atoms with Gasteiger partial charge in [0.05, 0.1) is 18.4 Å². The zero-order chi connectivity index (χ0) is 21.8. The molecule has 0 saturated carbocycles. The van der Waals surface area contributed by atoms with Crippen LogP contribution >= 0.6 is 7.14 Å². The SMILES string of the molecule is CP(C)(=O)c1cnn(-c2cnn3ccc(N4CCCC4c4cc(F)ccc4F)nc23)c1. The average molecular weight is 442 g/mol. The lowest BCUT2D eigenvalue weighted by Crippen LogP contribution is -2.24. The second kappa shape index (κ2) is 7.27. The van der Waals surface area contributed by atoms with Gasteiger partial charge in [-0.1, -0.05) is 0 Å². The van der Waals surface area contributed by atoms with E-state index < -0.39 is 18.8 Å². The molecular formula is C21H21F2N6OP. The van der Waals surface area contributed by atoms with Crippen molar-refractivity contribution in [3.8, 4) is 5.69 Å². The van der Waals surface area contributed by atoms with Gasteiger partial charge in [-0.15, -0.1) is 0 Å². The first-order valence-corrected chi connectivity index (χ1v) is 12.6. The summed E-state index contributed by atoms with van der Waals surface area (Å²) in [7, 11) is -2.44. The average Bonchev–Trinajstić information content (AvgIpc) is 3.47. The summed E-state index contributed by atoms with van der Waals surface area (Å²) < 4.78 is 43.8. The van der Waals surface area contributed by atoms with E-state index in [2.05, 4.69) is 10.2 Å². The van der Waals surface area contributed by atoms with E-state index in [1.165, 1.54) is 12.1 Å². The topological polar surface area (TPSA) is 68.3 Å². The molecule has 1 fully saturated rings. The minimum atomic E-state index is -2.44. The molecule has 7 nitrogen and oxygen atoms in total. The number of rotatable bonds is 4. The highest BCUT2D eigenvalue weighted by atomic mass is 31.2. The van der Waals surface area contributed by atoms with Gasteiger partial charge in [0, 0.05) is 29.8 Å². The molecule has 0 N–H and O–H groups in total. The molecule has 1 unspecified atom stereocenters. The lowest BCUT2D eigenvalue weighted by Gasteiger charge is -2.26. The number of hydrogen-bond acceptors (Lipinski definition) is 5. The Hall–Kier alpha value is -3.06. The number of fused-ring (bicyclic) bond motifs is 1. The zero-order valence-electron chi connectivity index (χ0n) is 17.1. The molecule has 4 heterocycles. The minimum Gasteiger partial charge on any atom is -0.349 e. The molecule has 5 rings (SSSR count). The van der Waals surface area contributed by atoms with Gasteiger partial charge >= 0.3 is 0 Å². The van der Waals surface area contributed by atoms with Crippen LogP contribution in [0.25, 0.3) is 11.3 Å². The summed E-state index contributed by atoms with van der Waals surface area (Å²) in [6, 6.07) is 5.09. The van der Waals surface area contributed by atoms with Gasteiger partial charge in [0.25, 0.3) is 0 Å². The predicted molar refractivity (Wildman–Crippen MR) is 115 cm³/mol. The summed E-state index contributed by atoms with van der Waals surface area (Å²) in [5.41, 5.74) is 1.56. The van der Waals surface area contributed by atoms with Crippen LogP contribution in [-0.4, -0.2) is 44.3 Å². The lowest BCUT2D eigenvalue weighted by atomic mass is 10.0. The maximum absolute atomic E-state index is 14.4. The normalized spacial score (nSPS) is 17.0. The molecule has 0 radical (unpaired) electrons. The van der Waals surface area contributed by atoms with E-state index in [1.54, 1.807) is 47.3 Å². The van der Waals surface area contributed by atoms with Crippen LogP contribution in [0, 0.1) is 11.6 Å². The highest BCUT2D eigenvalue weighted by Gasteiger charge is 2.30. The fourth-order valence-corrected chi connectivity index (χ4v) is 4.74. The van der Waals surface area contributed by atoms with E-state index in [4.69, 9.17) is 4.98 Å². The molecule has 0 aliphatic carbocycles. The summed E-state index contributed by atoms with van der Waals surface area (Å²) in [5.74, 6) is -0.218. The number of benzene rings is 1. The van der Waals surface area contributed by atoms with Gasteiger partial charge in [-0.3, -0.25) is 0 Å². The van der Waals surface area contributed by atoms with Crippen molar-refractivity contribution in [2.75, 3.05) is 24.8 Å². The zero-order valence-corrected chi connectivity index (χ0v) is 18.0. The van der Waals surface area contributed by atoms with Crippen molar-refractivity contribution < 1.29 is 13.3 Å². The van der Waals surface area contributed by atoms with E-state index in [-0.39, 0.29) is 6.04 Å². The van der Waals surface area contributed by atoms with Gasteiger partial charge < -0.3 is 9.46 Å². The first-order valence-electron chi connectivity index (χ1n) is 9.98. The quantitative estimate of drug-likeness (QED) is 0.450. The van der Waals surface area contributed by atoms with Crippen molar-refractivity contribution in [3.05, 3.63) is 66.3 Å². The number of hydrogen-bond donors (Lipinski definition) is 0. The lowest BCUT2D eigenvalue weighted by molar-refractivity contribution is 0.560. The van der Waals surface area contributed by atoms with Crippen LogP contribution in [0.1, 0.15) is 24.4 Å². The Morgan fingerprint density at radius 3 is 2.74 bits per heavy atom. The summed E-state index contributed by atoms with van der Waals surface area (Å²) in [6.45, 7) is 4.08. The van der Waals surface area contributed by atoms with Crippen molar-refractivity contribution in [2.45, 2.75) is 18.9 Å². The molecule has 1 saturated heterocycles. The number of anilines is 1. The molecule has 1 aromatic carbocycles. The largest absolute Gasteiger partial charge is 0.349 e. The van der Waals surface area contributed by atoms with Crippen LogP contribution in [0.15, 0.2) is 49.1 Å². The summed E-state index contributed by atoms with van der Waals surface area (Å²) in [5, 5.41) is 9.34. The Morgan fingerprint density at radius 1 is 1.13 bits per heavy atom. The molecule has 1 aliphatic rings. The van der Waals surface area contributed by atoms with Crippen molar-refractivity contribution in [2.24, 2.45) is 0 Å². The molecule has 10 heteroatoms. The monoisotopic (exact) mass is 442 g/mol. The Bertz CT molecular complexity index is 1330. The predicted octanol–water partition coefficient (Wildman–Crippen LogP) is 3.78. The van der Waals surface area contributed by atoms with Gasteiger partial charge in [-0.25, -0.2) is 23.0 Å². The number of nitrogens with zero attached hydrogens (tertiary/aromatic N) is 6. The number of aromatic nitrogens is 5. The fraction of sp³-hybridized carbons (Fsp3) is 0.286. The van der Waals surface area contributed by atoms with Crippen LogP contribution in [-0.2, 0) is 4.57 Å². The molecule has 1 atom stereocenters. The van der Waals surface area contributed by atoms with E-state index in [0.717, 1.165) is 12.5 Å². The third-order valence-corrected chi connectivity index (χ3v) is 7.11. The smallest absolute Gasteiger partial charge is 0.183 e. The van der Waals surface area contributed by atoms with E-state index in [0.29, 0.717) is 41.0 Å². The molecule has 0 spiro atoms. The first-order chi connectivity index (χ1) is 14.8.